The molecule has 138 valence electrons. The molecule has 0 spiro atoms. The fourth-order valence-corrected chi connectivity index (χ4v) is 2.97. The zero-order valence-corrected chi connectivity index (χ0v) is 16.0. The molecule has 0 radical (unpaired) electrons. The van der Waals surface area contributed by atoms with Gasteiger partial charge in [0, 0.05) is 37.7 Å². The van der Waals surface area contributed by atoms with Gasteiger partial charge in [0.2, 0.25) is 11.8 Å². The van der Waals surface area contributed by atoms with E-state index in [1.807, 2.05) is 20.8 Å². The van der Waals surface area contributed by atoms with Crippen LogP contribution in [0.3, 0.4) is 0 Å². The van der Waals surface area contributed by atoms with Crippen molar-refractivity contribution >= 4 is 17.5 Å². The van der Waals surface area contributed by atoms with Crippen molar-refractivity contribution < 1.29 is 19.1 Å². The minimum absolute atomic E-state index is 0.0243. The maximum atomic E-state index is 12.9. The summed E-state index contributed by atoms with van der Waals surface area (Å²) in [6, 6.07) is 4.89. The van der Waals surface area contributed by atoms with Crippen LogP contribution in [0, 0.1) is 5.41 Å². The maximum absolute atomic E-state index is 12.9. The molecule has 6 heteroatoms. The minimum atomic E-state index is -0.485. The second-order valence-electron chi connectivity index (χ2n) is 7.56. The predicted molar refractivity (Wildman–Crippen MR) is 97.1 cm³/mol. The molecule has 1 atom stereocenters. The largest absolute Gasteiger partial charge is 0.497 e. The minimum Gasteiger partial charge on any atom is -0.497 e. The quantitative estimate of drug-likeness (QED) is 0.839. The molecule has 1 aromatic carbocycles. The molecule has 25 heavy (non-hydrogen) atoms. The van der Waals surface area contributed by atoms with Crippen LogP contribution in [0.4, 0.5) is 5.69 Å². The Morgan fingerprint density at radius 3 is 2.16 bits per heavy atom. The van der Waals surface area contributed by atoms with Gasteiger partial charge < -0.3 is 19.3 Å². The van der Waals surface area contributed by atoms with E-state index in [1.165, 1.54) is 0 Å². The summed E-state index contributed by atoms with van der Waals surface area (Å²) in [4.78, 5) is 28.8. The van der Waals surface area contributed by atoms with Crippen LogP contribution in [0.2, 0.25) is 0 Å². The smallest absolute Gasteiger partial charge is 0.249 e. The van der Waals surface area contributed by atoms with E-state index in [0.717, 1.165) is 5.69 Å². The average Bonchev–Trinajstić information content (AvgIpc) is 2.54. The summed E-state index contributed by atoms with van der Waals surface area (Å²) in [7, 11) is 3.15. The molecule has 6 nitrogen and oxygen atoms in total. The summed E-state index contributed by atoms with van der Waals surface area (Å²) >= 11 is 0. The first-order valence-corrected chi connectivity index (χ1v) is 8.50. The van der Waals surface area contributed by atoms with Crippen molar-refractivity contribution in [2.24, 2.45) is 5.41 Å². The van der Waals surface area contributed by atoms with Gasteiger partial charge in [-0.1, -0.05) is 20.8 Å². The highest BCUT2D eigenvalue weighted by Gasteiger charge is 2.36. The highest BCUT2D eigenvalue weighted by Crippen LogP contribution is 2.31. The molecule has 1 fully saturated rings. The summed E-state index contributed by atoms with van der Waals surface area (Å²) in [5.41, 5.74) is 0.618. The second-order valence-corrected chi connectivity index (χ2v) is 7.56. The van der Waals surface area contributed by atoms with Gasteiger partial charge in [0.1, 0.15) is 17.5 Å². The lowest BCUT2D eigenvalue weighted by molar-refractivity contribution is -0.142. The van der Waals surface area contributed by atoms with Crippen molar-refractivity contribution in [3.05, 3.63) is 18.2 Å². The van der Waals surface area contributed by atoms with Crippen LogP contribution in [0.15, 0.2) is 18.2 Å². The zero-order chi connectivity index (χ0) is 18.8. The summed E-state index contributed by atoms with van der Waals surface area (Å²) in [6.45, 7) is 8.83. The van der Waals surface area contributed by atoms with Crippen molar-refractivity contribution in [1.82, 2.24) is 4.90 Å². The van der Waals surface area contributed by atoms with E-state index in [9.17, 15) is 9.59 Å². The van der Waals surface area contributed by atoms with Gasteiger partial charge >= 0.3 is 0 Å². The molecule has 1 saturated heterocycles. The summed E-state index contributed by atoms with van der Waals surface area (Å²) in [6.07, 6.45) is 0.428. The van der Waals surface area contributed by atoms with Gasteiger partial charge in [0.15, 0.2) is 0 Å². The molecule has 1 unspecified atom stereocenters. The first-order chi connectivity index (χ1) is 11.7. The van der Waals surface area contributed by atoms with Crippen molar-refractivity contribution in [2.75, 3.05) is 32.2 Å². The van der Waals surface area contributed by atoms with Crippen molar-refractivity contribution in [3.8, 4) is 11.5 Å². The van der Waals surface area contributed by atoms with Gasteiger partial charge in [-0.3, -0.25) is 9.59 Å². The lowest BCUT2D eigenvalue weighted by Crippen LogP contribution is -2.58. The monoisotopic (exact) mass is 348 g/mol. The Morgan fingerprint density at radius 1 is 1.12 bits per heavy atom. The van der Waals surface area contributed by atoms with E-state index in [4.69, 9.17) is 9.47 Å². The third-order valence-electron chi connectivity index (χ3n) is 4.31. The van der Waals surface area contributed by atoms with Crippen LogP contribution < -0.4 is 14.4 Å². The number of benzene rings is 1. The van der Waals surface area contributed by atoms with Crippen molar-refractivity contribution in [3.63, 3.8) is 0 Å². The van der Waals surface area contributed by atoms with Gasteiger partial charge in [-0.05, 0) is 12.3 Å². The average molecular weight is 348 g/mol. The van der Waals surface area contributed by atoms with Crippen LogP contribution in [-0.2, 0) is 9.59 Å². The lowest BCUT2D eigenvalue weighted by atomic mass is 9.91. The first kappa shape index (κ1) is 19.1. The topological polar surface area (TPSA) is 59.1 Å². The van der Waals surface area contributed by atoms with Crippen molar-refractivity contribution in [1.29, 1.82) is 0 Å². The molecule has 2 amide bonds. The van der Waals surface area contributed by atoms with Gasteiger partial charge in [0.25, 0.3) is 0 Å². The third-order valence-corrected chi connectivity index (χ3v) is 4.31. The van der Waals surface area contributed by atoms with E-state index in [-0.39, 0.29) is 17.2 Å². The van der Waals surface area contributed by atoms with E-state index in [2.05, 4.69) is 0 Å². The normalized spacial score (nSPS) is 18.3. The number of hydrogen-bond donors (Lipinski definition) is 0. The number of rotatable bonds is 4. The predicted octanol–water partition coefficient (Wildman–Crippen LogP) is 2.70. The first-order valence-electron chi connectivity index (χ1n) is 8.50. The SMILES string of the molecule is COc1cc(OC)cc(N2CCN(C(=O)CC(C)(C)C)C(C)C2=O)c1. The Morgan fingerprint density at radius 2 is 1.68 bits per heavy atom. The Hall–Kier alpha value is -2.24. The molecule has 1 aliphatic rings. The number of ether oxygens (including phenoxy) is 2. The van der Waals surface area contributed by atoms with Crippen LogP contribution in [0.25, 0.3) is 0 Å². The molecular weight excluding hydrogens is 320 g/mol. The van der Waals surface area contributed by atoms with Crippen LogP contribution in [-0.4, -0.2) is 50.1 Å². The molecule has 1 aliphatic heterocycles. The van der Waals surface area contributed by atoms with E-state index in [1.54, 1.807) is 49.1 Å². The maximum Gasteiger partial charge on any atom is 0.249 e. The second kappa shape index (κ2) is 7.33. The van der Waals surface area contributed by atoms with Crippen molar-refractivity contribution in [2.45, 2.75) is 40.2 Å². The number of methoxy groups -OCH3 is 2. The van der Waals surface area contributed by atoms with Gasteiger partial charge in [-0.25, -0.2) is 0 Å². The number of anilines is 1. The van der Waals surface area contributed by atoms with E-state index >= 15 is 0 Å². The van der Waals surface area contributed by atoms with E-state index < -0.39 is 6.04 Å². The third kappa shape index (κ3) is 4.44. The molecule has 0 bridgehead atoms. The number of hydrogen-bond acceptors (Lipinski definition) is 4. The number of carbonyl (C=O) groups excluding carboxylic acids is 2. The van der Waals surface area contributed by atoms with E-state index in [0.29, 0.717) is 31.0 Å². The Kier molecular flexibility index (Phi) is 5.60. The molecule has 0 N–H and O–H groups in total. The zero-order valence-electron chi connectivity index (χ0n) is 16.0. The lowest BCUT2D eigenvalue weighted by Gasteiger charge is -2.40. The molecule has 1 heterocycles. The molecule has 1 aromatic rings. The van der Waals surface area contributed by atoms with Gasteiger partial charge in [-0.15, -0.1) is 0 Å². The number of carbonyl (C=O) groups is 2. The van der Waals surface area contributed by atoms with Crippen LogP contribution in [0.5, 0.6) is 11.5 Å². The molecule has 0 saturated carbocycles. The standard InChI is InChI=1S/C19H28N2O4/c1-13-18(23)21(8-7-20(13)17(22)12-19(2,3)4)14-9-15(24-5)11-16(10-14)25-6/h9-11,13H,7-8,12H2,1-6H3. The highest BCUT2D eigenvalue weighted by molar-refractivity contribution is 6.00. The highest BCUT2D eigenvalue weighted by atomic mass is 16.5. The molecule has 0 aliphatic carbocycles. The fraction of sp³-hybridized carbons (Fsp3) is 0.579. The summed E-state index contributed by atoms with van der Waals surface area (Å²) in [5.74, 6) is 1.18. The Labute approximate surface area is 149 Å². The van der Waals surface area contributed by atoms with Crippen LogP contribution >= 0.6 is 0 Å². The molecule has 2 rings (SSSR count). The number of piperazine rings is 1. The number of nitrogens with zero attached hydrogens (tertiary/aromatic N) is 2. The fourth-order valence-electron chi connectivity index (χ4n) is 2.97. The summed E-state index contributed by atoms with van der Waals surface area (Å²) in [5, 5.41) is 0. The van der Waals surface area contributed by atoms with Gasteiger partial charge in [0.05, 0.1) is 19.9 Å². The summed E-state index contributed by atoms with van der Waals surface area (Å²) < 4.78 is 10.6. The molecule has 0 aromatic heterocycles. The Balaban J connectivity index is 2.20. The van der Waals surface area contributed by atoms with Crippen LogP contribution in [0.1, 0.15) is 34.1 Å². The molecular formula is C19H28N2O4. The van der Waals surface area contributed by atoms with Gasteiger partial charge in [-0.2, -0.15) is 0 Å². The Bertz CT molecular complexity index is 629. The number of amides is 2.